The third-order valence-corrected chi connectivity index (χ3v) is 4.90. The first-order valence-electron chi connectivity index (χ1n) is 9.23. The maximum atomic E-state index is 12.8. The number of nitrogens with one attached hydrogen (secondary N) is 1. The molecule has 0 radical (unpaired) electrons. The number of halogens is 1. The number of amides is 1. The molecule has 0 bridgehead atoms. The summed E-state index contributed by atoms with van der Waals surface area (Å²) in [6.45, 7) is 1.64. The Balaban J connectivity index is 1.61. The number of hydrogen-bond donors (Lipinski definition) is 1. The molecule has 0 aliphatic carbocycles. The molecule has 0 saturated heterocycles. The van der Waals surface area contributed by atoms with E-state index in [1.165, 1.54) is 7.11 Å². The van der Waals surface area contributed by atoms with Crippen molar-refractivity contribution in [2.24, 2.45) is 0 Å². The highest BCUT2D eigenvalue weighted by Crippen LogP contribution is 2.28. The number of ether oxygens (including phenoxy) is 2. The summed E-state index contributed by atoms with van der Waals surface area (Å²) in [6, 6.07) is 16.8. The maximum Gasteiger partial charge on any atom is 0.265 e. The fourth-order valence-corrected chi connectivity index (χ4v) is 3.23. The van der Waals surface area contributed by atoms with Crippen LogP contribution in [0.15, 0.2) is 69.9 Å². The first kappa shape index (κ1) is 19.8. The van der Waals surface area contributed by atoms with Gasteiger partial charge in [0.15, 0.2) is 17.4 Å². The van der Waals surface area contributed by atoms with Crippen LogP contribution in [0, 0.1) is 0 Å². The number of benzene rings is 3. The van der Waals surface area contributed by atoms with Crippen LogP contribution in [0.1, 0.15) is 6.92 Å². The van der Waals surface area contributed by atoms with E-state index >= 15 is 0 Å². The lowest BCUT2D eigenvalue weighted by atomic mass is 10.1. The molecule has 1 atom stereocenters. The zero-order valence-electron chi connectivity index (χ0n) is 16.3. The Morgan fingerprint density at radius 1 is 1.07 bits per heavy atom. The maximum absolute atomic E-state index is 12.8. The molecular formula is C23H18ClNO5. The minimum absolute atomic E-state index is 0.164. The third kappa shape index (κ3) is 3.82. The molecule has 0 saturated carbocycles. The predicted molar refractivity (Wildman–Crippen MR) is 117 cm³/mol. The standard InChI is InChI=1S/C23H18ClNO5/c1-13(29-16-9-6-14(24)7-10-16)23(27)25-15-8-11-17-20(12-15)30-22-18(21(17)26)4-3-5-19(22)28-2/h3-13H,1-2H3,(H,25,27). The SMILES string of the molecule is COc1cccc2c(=O)c3ccc(NC(=O)C(C)Oc4ccc(Cl)cc4)cc3oc12. The summed E-state index contributed by atoms with van der Waals surface area (Å²) in [5.74, 6) is 0.654. The van der Waals surface area contributed by atoms with Crippen LogP contribution in [0.25, 0.3) is 21.9 Å². The van der Waals surface area contributed by atoms with Gasteiger partial charge in [-0.3, -0.25) is 9.59 Å². The van der Waals surface area contributed by atoms with Crippen LogP contribution in [-0.4, -0.2) is 19.1 Å². The van der Waals surface area contributed by atoms with Gasteiger partial charge in [-0.05, 0) is 55.5 Å². The van der Waals surface area contributed by atoms with Crippen molar-refractivity contribution in [2.75, 3.05) is 12.4 Å². The van der Waals surface area contributed by atoms with Crippen LogP contribution in [0.3, 0.4) is 0 Å². The topological polar surface area (TPSA) is 77.8 Å². The molecule has 6 nitrogen and oxygen atoms in total. The molecule has 0 aliphatic heterocycles. The normalized spacial score (nSPS) is 12.0. The molecule has 1 amide bonds. The lowest BCUT2D eigenvalue weighted by Gasteiger charge is -2.15. The molecule has 1 aromatic heterocycles. The van der Waals surface area contributed by atoms with E-state index in [0.717, 1.165) is 0 Å². The van der Waals surface area contributed by atoms with Gasteiger partial charge in [-0.15, -0.1) is 0 Å². The number of carbonyl (C=O) groups is 1. The number of para-hydroxylation sites is 1. The lowest BCUT2D eigenvalue weighted by molar-refractivity contribution is -0.122. The molecule has 4 rings (SSSR count). The number of rotatable bonds is 5. The summed E-state index contributed by atoms with van der Waals surface area (Å²) >= 11 is 5.86. The van der Waals surface area contributed by atoms with E-state index in [9.17, 15) is 9.59 Å². The van der Waals surface area contributed by atoms with Crippen LogP contribution in [0.5, 0.6) is 11.5 Å². The van der Waals surface area contributed by atoms with Crippen LogP contribution in [0.4, 0.5) is 5.69 Å². The van der Waals surface area contributed by atoms with E-state index < -0.39 is 6.10 Å². The molecule has 1 N–H and O–H groups in total. The fourth-order valence-electron chi connectivity index (χ4n) is 3.10. The molecular weight excluding hydrogens is 406 g/mol. The molecule has 152 valence electrons. The molecule has 0 aliphatic rings. The highest BCUT2D eigenvalue weighted by molar-refractivity contribution is 6.30. The Labute approximate surface area is 177 Å². The van der Waals surface area contributed by atoms with Gasteiger partial charge in [-0.25, -0.2) is 0 Å². The Hall–Kier alpha value is -3.51. The van der Waals surface area contributed by atoms with Crippen molar-refractivity contribution in [3.8, 4) is 11.5 Å². The van der Waals surface area contributed by atoms with Crippen molar-refractivity contribution < 1.29 is 18.7 Å². The van der Waals surface area contributed by atoms with Gasteiger partial charge in [0, 0.05) is 16.8 Å². The van der Waals surface area contributed by atoms with Crippen molar-refractivity contribution >= 4 is 45.1 Å². The zero-order chi connectivity index (χ0) is 21.3. The molecule has 1 heterocycles. The number of methoxy groups -OCH3 is 1. The van der Waals surface area contributed by atoms with Crippen molar-refractivity contribution in [2.45, 2.75) is 13.0 Å². The molecule has 4 aromatic rings. The van der Waals surface area contributed by atoms with Gasteiger partial charge in [-0.1, -0.05) is 17.7 Å². The minimum Gasteiger partial charge on any atom is -0.493 e. The quantitative estimate of drug-likeness (QED) is 0.456. The highest BCUT2D eigenvalue weighted by Gasteiger charge is 2.16. The molecule has 3 aromatic carbocycles. The van der Waals surface area contributed by atoms with Crippen molar-refractivity contribution in [1.82, 2.24) is 0 Å². The minimum atomic E-state index is -0.745. The van der Waals surface area contributed by atoms with Gasteiger partial charge in [0.05, 0.1) is 17.9 Å². The lowest BCUT2D eigenvalue weighted by Crippen LogP contribution is -2.30. The van der Waals surface area contributed by atoms with Gasteiger partial charge in [0.1, 0.15) is 11.3 Å². The summed E-state index contributed by atoms with van der Waals surface area (Å²) in [5, 5.41) is 4.21. The monoisotopic (exact) mass is 423 g/mol. The van der Waals surface area contributed by atoms with Crippen molar-refractivity contribution in [1.29, 1.82) is 0 Å². The summed E-state index contributed by atoms with van der Waals surface area (Å²) in [5.41, 5.74) is 1.03. The van der Waals surface area contributed by atoms with Gasteiger partial charge >= 0.3 is 0 Å². The number of hydrogen-bond acceptors (Lipinski definition) is 5. The second kappa shape index (κ2) is 8.08. The average Bonchev–Trinajstić information content (AvgIpc) is 2.75. The summed E-state index contributed by atoms with van der Waals surface area (Å²) in [4.78, 5) is 25.3. The molecule has 0 fully saturated rings. The highest BCUT2D eigenvalue weighted by atomic mass is 35.5. The molecule has 7 heteroatoms. The Morgan fingerprint density at radius 3 is 2.57 bits per heavy atom. The van der Waals surface area contributed by atoms with E-state index in [2.05, 4.69) is 5.32 Å². The van der Waals surface area contributed by atoms with E-state index in [4.69, 9.17) is 25.5 Å². The Kier molecular flexibility index (Phi) is 5.33. The molecule has 0 spiro atoms. The van der Waals surface area contributed by atoms with Gasteiger partial charge < -0.3 is 19.2 Å². The van der Waals surface area contributed by atoms with E-state index in [1.54, 1.807) is 67.6 Å². The number of anilines is 1. The second-order valence-corrected chi connectivity index (χ2v) is 7.12. The molecule has 1 unspecified atom stereocenters. The van der Waals surface area contributed by atoms with E-state index in [0.29, 0.717) is 44.1 Å². The summed E-state index contributed by atoms with van der Waals surface area (Å²) in [6.07, 6.45) is -0.745. The fraction of sp³-hybridized carbons (Fsp3) is 0.130. The van der Waals surface area contributed by atoms with E-state index in [-0.39, 0.29) is 11.3 Å². The second-order valence-electron chi connectivity index (χ2n) is 6.68. The summed E-state index contributed by atoms with van der Waals surface area (Å²) in [7, 11) is 1.51. The predicted octanol–water partition coefficient (Wildman–Crippen LogP) is 5.01. The third-order valence-electron chi connectivity index (χ3n) is 4.64. The van der Waals surface area contributed by atoms with E-state index in [1.807, 2.05) is 0 Å². The first-order chi connectivity index (χ1) is 14.5. The summed E-state index contributed by atoms with van der Waals surface area (Å²) < 4.78 is 16.9. The first-order valence-corrected chi connectivity index (χ1v) is 9.61. The Morgan fingerprint density at radius 2 is 1.83 bits per heavy atom. The number of fused-ring (bicyclic) bond motifs is 2. The Bertz CT molecular complexity index is 1300. The van der Waals surface area contributed by atoms with Gasteiger partial charge in [0.25, 0.3) is 5.91 Å². The van der Waals surface area contributed by atoms with Crippen LogP contribution in [0.2, 0.25) is 5.02 Å². The van der Waals surface area contributed by atoms with Crippen molar-refractivity contribution in [3.63, 3.8) is 0 Å². The van der Waals surface area contributed by atoms with Gasteiger partial charge in [0.2, 0.25) is 5.43 Å². The van der Waals surface area contributed by atoms with Crippen LogP contribution in [-0.2, 0) is 4.79 Å². The van der Waals surface area contributed by atoms with Crippen LogP contribution < -0.4 is 20.2 Å². The zero-order valence-corrected chi connectivity index (χ0v) is 17.0. The van der Waals surface area contributed by atoms with Gasteiger partial charge in [-0.2, -0.15) is 0 Å². The molecule has 30 heavy (non-hydrogen) atoms. The number of carbonyl (C=O) groups excluding carboxylic acids is 1. The average molecular weight is 424 g/mol. The van der Waals surface area contributed by atoms with Crippen LogP contribution >= 0.6 is 11.6 Å². The smallest absolute Gasteiger partial charge is 0.265 e. The largest absolute Gasteiger partial charge is 0.493 e. The van der Waals surface area contributed by atoms with Crippen molar-refractivity contribution in [3.05, 3.63) is 75.9 Å².